The van der Waals surface area contributed by atoms with Gasteiger partial charge in [0, 0.05) is 26.2 Å². The van der Waals surface area contributed by atoms with E-state index < -0.39 is 0 Å². The first-order chi connectivity index (χ1) is 14.4. The Balaban J connectivity index is 0.00000341. The van der Waals surface area contributed by atoms with Crippen molar-refractivity contribution in [2.45, 2.75) is 54.6 Å². The van der Waals surface area contributed by atoms with Crippen LogP contribution >= 0.6 is 12.4 Å². The summed E-state index contributed by atoms with van der Waals surface area (Å²) in [5, 5.41) is 0. The number of carbonyl (C=O) groups is 2. The van der Waals surface area contributed by atoms with Gasteiger partial charge < -0.3 is 18.9 Å². The predicted octanol–water partition coefficient (Wildman–Crippen LogP) is 2.58. The van der Waals surface area contributed by atoms with Crippen LogP contribution in [0.3, 0.4) is 0 Å². The highest BCUT2D eigenvalue weighted by atomic mass is 35.5. The lowest BCUT2D eigenvalue weighted by Crippen LogP contribution is -2.31. The van der Waals surface area contributed by atoms with Crippen LogP contribution in [0.5, 0.6) is 0 Å². The maximum absolute atomic E-state index is 13.4. The molecule has 0 N–H and O–H groups in total. The normalized spacial score (nSPS) is 13.0. The van der Waals surface area contributed by atoms with Crippen LogP contribution in [-0.2, 0) is 13.1 Å². The highest BCUT2D eigenvalue weighted by molar-refractivity contribution is 6.25. The molecule has 0 saturated heterocycles. The first-order valence-corrected chi connectivity index (χ1v) is 11.1. The molecular weight excluding hydrogens is 416 g/mol. The average molecular weight is 451 g/mol. The number of aryl methyl sites for hydroxylation is 2. The minimum absolute atomic E-state index is 0. The Labute approximate surface area is 191 Å². The molecule has 2 heterocycles. The smallest absolute Gasteiger partial charge is 0.232 e. The lowest BCUT2D eigenvalue weighted by molar-refractivity contribution is 0.0961. The molecule has 3 rings (SSSR count). The lowest BCUT2D eigenvalue weighted by Gasteiger charge is -2.21. The number of halogens is 1. The van der Waals surface area contributed by atoms with E-state index in [4.69, 9.17) is 0 Å². The largest absolute Gasteiger partial charge is 0.324 e. The maximum Gasteiger partial charge on any atom is 0.232 e. The number of likely N-dealkylation sites (N-methyl/N-ethyl adjacent to an activating group) is 2. The van der Waals surface area contributed by atoms with E-state index in [1.165, 1.54) is 0 Å². The van der Waals surface area contributed by atoms with Gasteiger partial charge in [-0.15, -0.1) is 12.4 Å². The zero-order chi connectivity index (χ0) is 22.0. The number of rotatable bonds is 10. The van der Waals surface area contributed by atoms with Crippen molar-refractivity contribution >= 4 is 24.0 Å². The van der Waals surface area contributed by atoms with Gasteiger partial charge in [0.2, 0.25) is 11.6 Å². The van der Waals surface area contributed by atoms with Crippen molar-refractivity contribution in [3.8, 4) is 0 Å². The van der Waals surface area contributed by atoms with Crippen LogP contribution in [0.15, 0.2) is 0 Å². The number of ketones is 2. The van der Waals surface area contributed by atoms with Gasteiger partial charge >= 0.3 is 0 Å². The van der Waals surface area contributed by atoms with Crippen molar-refractivity contribution in [1.82, 2.24) is 28.9 Å². The summed E-state index contributed by atoms with van der Waals surface area (Å²) in [6, 6.07) is 0. The van der Waals surface area contributed by atoms with E-state index in [-0.39, 0.29) is 35.4 Å². The molecule has 0 radical (unpaired) electrons. The standard InChI is InChI=1S/C22H34N6O2.ClH/c1-7-25(8-2)11-13-27-15(5)23-17-19(27)21(29)18-20(22(17)30)28(16(6)24-18)14-12-26(9-3)10-4;/h7-14H2,1-6H3;1H. The molecule has 0 bridgehead atoms. The summed E-state index contributed by atoms with van der Waals surface area (Å²) in [5.74, 6) is 1.02. The zero-order valence-electron chi connectivity index (χ0n) is 19.6. The summed E-state index contributed by atoms with van der Waals surface area (Å²) >= 11 is 0. The lowest BCUT2D eigenvalue weighted by atomic mass is 9.98. The topological polar surface area (TPSA) is 76.3 Å². The Bertz CT molecular complexity index is 864. The fraction of sp³-hybridized carbons (Fsp3) is 0.636. The monoisotopic (exact) mass is 450 g/mol. The molecule has 0 amide bonds. The molecule has 172 valence electrons. The number of hydrogen-bond donors (Lipinski definition) is 0. The second-order valence-electron chi connectivity index (χ2n) is 7.73. The molecule has 0 aromatic carbocycles. The van der Waals surface area contributed by atoms with Gasteiger partial charge in [-0.1, -0.05) is 27.7 Å². The number of nitrogens with zero attached hydrogens (tertiary/aromatic N) is 6. The van der Waals surface area contributed by atoms with Crippen LogP contribution < -0.4 is 0 Å². The van der Waals surface area contributed by atoms with Gasteiger partial charge in [-0.2, -0.15) is 0 Å². The second-order valence-corrected chi connectivity index (χ2v) is 7.73. The van der Waals surface area contributed by atoms with Crippen molar-refractivity contribution in [3.05, 3.63) is 34.4 Å². The van der Waals surface area contributed by atoms with E-state index in [1.807, 2.05) is 23.0 Å². The Morgan fingerprint density at radius 1 is 0.677 bits per heavy atom. The van der Waals surface area contributed by atoms with Gasteiger partial charge in [-0.05, 0) is 40.0 Å². The molecular formula is C22H35ClN6O2. The first-order valence-electron chi connectivity index (χ1n) is 11.1. The third kappa shape index (κ3) is 4.61. The van der Waals surface area contributed by atoms with Gasteiger partial charge in [0.15, 0.2) is 0 Å². The quantitative estimate of drug-likeness (QED) is 0.472. The summed E-state index contributed by atoms with van der Waals surface area (Å²) < 4.78 is 3.78. The fourth-order valence-electron chi connectivity index (χ4n) is 4.24. The fourth-order valence-corrected chi connectivity index (χ4v) is 4.24. The molecule has 0 spiro atoms. The molecule has 2 aromatic heterocycles. The number of hydrogen-bond acceptors (Lipinski definition) is 6. The van der Waals surface area contributed by atoms with Gasteiger partial charge in [-0.3, -0.25) is 9.59 Å². The molecule has 1 aliphatic rings. The van der Waals surface area contributed by atoms with E-state index in [1.54, 1.807) is 0 Å². The van der Waals surface area contributed by atoms with Gasteiger partial charge in [0.1, 0.15) is 34.4 Å². The van der Waals surface area contributed by atoms with Gasteiger partial charge in [-0.25, -0.2) is 9.97 Å². The first kappa shape index (κ1) is 25.2. The van der Waals surface area contributed by atoms with E-state index >= 15 is 0 Å². The number of fused-ring (bicyclic) bond motifs is 2. The number of carbonyl (C=O) groups excluding carboxylic acids is 2. The van der Waals surface area contributed by atoms with Crippen molar-refractivity contribution in [3.63, 3.8) is 0 Å². The summed E-state index contributed by atoms with van der Waals surface area (Å²) in [6.07, 6.45) is 0. The third-order valence-corrected chi connectivity index (χ3v) is 6.25. The summed E-state index contributed by atoms with van der Waals surface area (Å²) in [5.41, 5.74) is 1.33. The minimum Gasteiger partial charge on any atom is -0.324 e. The van der Waals surface area contributed by atoms with Crippen LogP contribution in [0, 0.1) is 13.8 Å². The number of aromatic nitrogens is 4. The highest BCUT2D eigenvalue weighted by Gasteiger charge is 2.39. The number of imidazole rings is 2. The molecule has 0 aliphatic heterocycles. The van der Waals surface area contributed by atoms with Crippen LogP contribution in [0.25, 0.3) is 0 Å². The zero-order valence-corrected chi connectivity index (χ0v) is 20.4. The molecule has 2 aromatic rings. The highest BCUT2D eigenvalue weighted by Crippen LogP contribution is 2.28. The Kier molecular flexibility index (Phi) is 8.57. The van der Waals surface area contributed by atoms with Crippen LogP contribution in [-0.4, -0.2) is 79.7 Å². The third-order valence-electron chi connectivity index (χ3n) is 6.25. The van der Waals surface area contributed by atoms with Crippen LogP contribution in [0.1, 0.15) is 71.7 Å². The van der Waals surface area contributed by atoms with Gasteiger partial charge in [0.25, 0.3) is 0 Å². The maximum atomic E-state index is 13.4. The second kappa shape index (κ2) is 10.5. The Morgan fingerprint density at radius 2 is 1.00 bits per heavy atom. The van der Waals surface area contributed by atoms with Crippen LogP contribution in [0.2, 0.25) is 0 Å². The van der Waals surface area contributed by atoms with E-state index in [9.17, 15) is 9.59 Å². The Hall–Kier alpha value is -2.03. The van der Waals surface area contributed by atoms with Crippen molar-refractivity contribution < 1.29 is 9.59 Å². The predicted molar refractivity (Wildman–Crippen MR) is 124 cm³/mol. The van der Waals surface area contributed by atoms with Crippen molar-refractivity contribution in [1.29, 1.82) is 0 Å². The molecule has 0 fully saturated rings. The molecule has 0 atom stereocenters. The van der Waals surface area contributed by atoms with E-state index in [2.05, 4.69) is 47.5 Å². The SMILES string of the molecule is CCN(CC)CCn1c(C)nc2c1C(=O)c1nc(C)n(CCN(CC)CC)c1C2=O.Cl. The summed E-state index contributed by atoms with van der Waals surface area (Å²) in [6.45, 7) is 18.9. The van der Waals surface area contributed by atoms with Gasteiger partial charge in [0.05, 0.1) is 0 Å². The summed E-state index contributed by atoms with van der Waals surface area (Å²) in [4.78, 5) is 40.4. The molecule has 1 aliphatic carbocycles. The van der Waals surface area contributed by atoms with Crippen LogP contribution in [0.4, 0.5) is 0 Å². The molecule has 0 saturated carbocycles. The molecule has 0 unspecified atom stereocenters. The van der Waals surface area contributed by atoms with Crippen molar-refractivity contribution in [2.75, 3.05) is 39.3 Å². The average Bonchev–Trinajstić information content (AvgIpc) is 3.25. The Morgan fingerprint density at radius 3 is 1.29 bits per heavy atom. The molecule has 31 heavy (non-hydrogen) atoms. The molecule has 9 heteroatoms. The van der Waals surface area contributed by atoms with E-state index in [0.29, 0.717) is 36.1 Å². The summed E-state index contributed by atoms with van der Waals surface area (Å²) in [7, 11) is 0. The molecule has 8 nitrogen and oxygen atoms in total. The minimum atomic E-state index is -0.190. The van der Waals surface area contributed by atoms with Crippen molar-refractivity contribution in [2.24, 2.45) is 0 Å². The van der Waals surface area contributed by atoms with E-state index in [0.717, 1.165) is 39.3 Å².